The van der Waals surface area contributed by atoms with Crippen LogP contribution in [0.2, 0.25) is 0 Å². The average Bonchev–Trinajstić information content (AvgIpc) is 3.12. The molecule has 1 fully saturated rings. The van der Waals surface area contributed by atoms with Gasteiger partial charge in [-0.05, 0) is 18.4 Å². The summed E-state index contributed by atoms with van der Waals surface area (Å²) in [6.45, 7) is 2.86. The number of esters is 1. The van der Waals surface area contributed by atoms with Gasteiger partial charge < -0.3 is 9.47 Å². The third-order valence-corrected chi connectivity index (χ3v) is 5.48. The SMILES string of the molecule is CCCCCCCCCCCC[C@@H](OCc1ccccc1)[C@H]1CCC(=O)O1. The standard InChI is InChI=1S/C24H38O3/c1-2-3-4-5-6-7-8-9-10-14-17-22(23-18-19-24(25)27-23)26-20-21-15-12-11-13-16-21/h11-13,15-16,22-23H,2-10,14,17-20H2,1H3/t22-,23-/m1/s1. The van der Waals surface area contributed by atoms with Crippen molar-refractivity contribution >= 4 is 5.97 Å². The Bertz CT molecular complexity index is 500. The molecule has 152 valence electrons. The van der Waals surface area contributed by atoms with Crippen molar-refractivity contribution in [2.75, 3.05) is 0 Å². The second kappa shape index (κ2) is 13.8. The molecule has 0 aromatic heterocycles. The fourth-order valence-corrected chi connectivity index (χ4v) is 3.80. The smallest absolute Gasteiger partial charge is 0.306 e. The minimum Gasteiger partial charge on any atom is -0.460 e. The lowest BCUT2D eigenvalue weighted by Gasteiger charge is -2.23. The number of carbonyl (C=O) groups is 1. The Morgan fingerprint density at radius 2 is 1.59 bits per heavy atom. The molecule has 3 heteroatoms. The van der Waals surface area contributed by atoms with Crippen LogP contribution in [0, 0.1) is 0 Å². The molecular weight excluding hydrogens is 336 g/mol. The summed E-state index contributed by atoms with van der Waals surface area (Å²) in [4.78, 5) is 11.5. The monoisotopic (exact) mass is 374 g/mol. The van der Waals surface area contributed by atoms with Crippen LogP contribution in [0.3, 0.4) is 0 Å². The number of hydrogen-bond acceptors (Lipinski definition) is 3. The van der Waals surface area contributed by atoms with Gasteiger partial charge in [-0.3, -0.25) is 4.79 Å². The summed E-state index contributed by atoms with van der Waals surface area (Å²) in [5.74, 6) is -0.0728. The lowest BCUT2D eigenvalue weighted by molar-refractivity contribution is -0.148. The van der Waals surface area contributed by atoms with E-state index < -0.39 is 0 Å². The first-order valence-corrected chi connectivity index (χ1v) is 11.1. The molecule has 0 saturated carbocycles. The Morgan fingerprint density at radius 1 is 0.963 bits per heavy atom. The normalized spacial score (nSPS) is 17.8. The van der Waals surface area contributed by atoms with E-state index in [4.69, 9.17) is 9.47 Å². The predicted molar refractivity (Wildman–Crippen MR) is 111 cm³/mol. The van der Waals surface area contributed by atoms with Gasteiger partial charge in [-0.1, -0.05) is 101 Å². The molecule has 1 heterocycles. The number of rotatable bonds is 15. The third kappa shape index (κ3) is 9.41. The van der Waals surface area contributed by atoms with Crippen LogP contribution in [0.15, 0.2) is 30.3 Å². The van der Waals surface area contributed by atoms with Gasteiger partial charge in [0.1, 0.15) is 6.10 Å². The maximum Gasteiger partial charge on any atom is 0.306 e. The van der Waals surface area contributed by atoms with Crippen molar-refractivity contribution in [2.45, 2.75) is 109 Å². The molecule has 27 heavy (non-hydrogen) atoms. The van der Waals surface area contributed by atoms with Gasteiger partial charge in [0.15, 0.2) is 0 Å². The second-order valence-corrected chi connectivity index (χ2v) is 7.87. The molecule has 0 aliphatic carbocycles. The zero-order chi connectivity index (χ0) is 19.2. The van der Waals surface area contributed by atoms with Crippen molar-refractivity contribution in [3.05, 3.63) is 35.9 Å². The van der Waals surface area contributed by atoms with Crippen LogP contribution in [0.1, 0.15) is 96.0 Å². The first-order valence-electron chi connectivity index (χ1n) is 11.1. The Kier molecular flexibility index (Phi) is 11.2. The Labute approximate surface area is 165 Å². The molecule has 0 spiro atoms. The Balaban J connectivity index is 1.61. The van der Waals surface area contributed by atoms with E-state index in [0.29, 0.717) is 13.0 Å². The maximum absolute atomic E-state index is 11.5. The number of unbranched alkanes of at least 4 members (excludes halogenated alkanes) is 9. The number of carbonyl (C=O) groups excluding carboxylic acids is 1. The minimum absolute atomic E-state index is 0.0331. The van der Waals surface area contributed by atoms with E-state index in [1.54, 1.807) is 0 Å². The van der Waals surface area contributed by atoms with E-state index >= 15 is 0 Å². The van der Waals surface area contributed by atoms with Crippen molar-refractivity contribution in [1.82, 2.24) is 0 Å². The van der Waals surface area contributed by atoms with Gasteiger partial charge >= 0.3 is 5.97 Å². The van der Waals surface area contributed by atoms with E-state index in [2.05, 4.69) is 19.1 Å². The summed E-state index contributed by atoms with van der Waals surface area (Å²) in [5.41, 5.74) is 1.18. The quantitative estimate of drug-likeness (QED) is 0.257. The van der Waals surface area contributed by atoms with E-state index in [1.807, 2.05) is 18.2 Å². The van der Waals surface area contributed by atoms with E-state index in [1.165, 1.54) is 63.4 Å². The van der Waals surface area contributed by atoms with Crippen molar-refractivity contribution in [3.8, 4) is 0 Å². The Morgan fingerprint density at radius 3 is 2.19 bits per heavy atom. The van der Waals surface area contributed by atoms with Gasteiger partial charge in [0.2, 0.25) is 0 Å². The topological polar surface area (TPSA) is 35.5 Å². The molecule has 3 nitrogen and oxygen atoms in total. The number of benzene rings is 1. The highest BCUT2D eigenvalue weighted by Crippen LogP contribution is 2.24. The van der Waals surface area contributed by atoms with Crippen LogP contribution in [0.5, 0.6) is 0 Å². The maximum atomic E-state index is 11.5. The summed E-state index contributed by atoms with van der Waals surface area (Å²) >= 11 is 0. The highest BCUT2D eigenvalue weighted by Gasteiger charge is 2.31. The fraction of sp³-hybridized carbons (Fsp3) is 0.708. The van der Waals surface area contributed by atoms with Crippen LogP contribution >= 0.6 is 0 Å². The molecule has 2 rings (SSSR count). The molecule has 1 aliphatic rings. The van der Waals surface area contributed by atoms with Gasteiger partial charge in [0, 0.05) is 6.42 Å². The van der Waals surface area contributed by atoms with Crippen molar-refractivity contribution in [2.24, 2.45) is 0 Å². The Hall–Kier alpha value is -1.35. The summed E-state index contributed by atoms with van der Waals surface area (Å²) in [7, 11) is 0. The lowest BCUT2D eigenvalue weighted by atomic mass is 10.0. The van der Waals surface area contributed by atoms with Gasteiger partial charge in [-0.2, -0.15) is 0 Å². The molecule has 0 bridgehead atoms. The highest BCUT2D eigenvalue weighted by molar-refractivity contribution is 5.71. The van der Waals surface area contributed by atoms with Crippen LogP contribution in [-0.4, -0.2) is 18.2 Å². The second-order valence-electron chi connectivity index (χ2n) is 7.87. The molecule has 0 amide bonds. The highest BCUT2D eigenvalue weighted by atomic mass is 16.6. The first-order chi connectivity index (χ1) is 13.3. The molecule has 0 unspecified atom stereocenters. The molecular formula is C24H38O3. The molecule has 1 aromatic rings. The number of hydrogen-bond donors (Lipinski definition) is 0. The van der Waals surface area contributed by atoms with E-state index in [-0.39, 0.29) is 18.2 Å². The van der Waals surface area contributed by atoms with E-state index in [0.717, 1.165) is 19.3 Å². The van der Waals surface area contributed by atoms with Crippen LogP contribution in [0.4, 0.5) is 0 Å². The first kappa shape index (κ1) is 21.9. The third-order valence-electron chi connectivity index (χ3n) is 5.48. The zero-order valence-electron chi connectivity index (χ0n) is 17.2. The van der Waals surface area contributed by atoms with E-state index in [9.17, 15) is 4.79 Å². The average molecular weight is 375 g/mol. The molecule has 1 saturated heterocycles. The fourth-order valence-electron chi connectivity index (χ4n) is 3.80. The van der Waals surface area contributed by atoms with Crippen LogP contribution < -0.4 is 0 Å². The molecule has 1 aromatic carbocycles. The van der Waals surface area contributed by atoms with Gasteiger partial charge in [-0.15, -0.1) is 0 Å². The van der Waals surface area contributed by atoms with Gasteiger partial charge in [0.25, 0.3) is 0 Å². The summed E-state index contributed by atoms with van der Waals surface area (Å²) < 4.78 is 11.7. The van der Waals surface area contributed by atoms with Crippen molar-refractivity contribution < 1.29 is 14.3 Å². The van der Waals surface area contributed by atoms with Crippen molar-refractivity contribution in [3.63, 3.8) is 0 Å². The molecule has 0 N–H and O–H groups in total. The summed E-state index contributed by atoms with van der Waals surface area (Å²) in [6.07, 6.45) is 15.6. The lowest BCUT2D eigenvalue weighted by Crippen LogP contribution is -2.29. The predicted octanol–water partition coefficient (Wildman–Crippen LogP) is 6.59. The van der Waals surface area contributed by atoms with Crippen LogP contribution in [0.25, 0.3) is 0 Å². The van der Waals surface area contributed by atoms with Gasteiger partial charge in [0.05, 0.1) is 12.7 Å². The minimum atomic E-state index is -0.0728. The van der Waals surface area contributed by atoms with Gasteiger partial charge in [-0.25, -0.2) is 0 Å². The summed E-state index contributed by atoms with van der Waals surface area (Å²) in [6, 6.07) is 10.2. The largest absolute Gasteiger partial charge is 0.460 e. The van der Waals surface area contributed by atoms with Crippen molar-refractivity contribution in [1.29, 1.82) is 0 Å². The molecule has 0 radical (unpaired) electrons. The molecule has 1 aliphatic heterocycles. The molecule has 2 atom stereocenters. The zero-order valence-corrected chi connectivity index (χ0v) is 17.2. The summed E-state index contributed by atoms with van der Waals surface area (Å²) in [5, 5.41) is 0. The number of ether oxygens (including phenoxy) is 2. The number of cyclic esters (lactones) is 1. The van der Waals surface area contributed by atoms with Crippen LogP contribution in [-0.2, 0) is 20.9 Å².